The van der Waals surface area contributed by atoms with Gasteiger partial charge in [-0.05, 0) is 169 Å². The highest BCUT2D eigenvalue weighted by Gasteiger charge is 2.17. The molecule has 13 aromatic rings. The predicted octanol–water partition coefficient (Wildman–Crippen LogP) is 20.1. The van der Waals surface area contributed by atoms with Gasteiger partial charge in [-0.25, -0.2) is 9.97 Å². The summed E-state index contributed by atoms with van der Waals surface area (Å²) in [6, 6.07) is 89.2. The first-order chi connectivity index (χ1) is 42.6. The van der Waals surface area contributed by atoms with Crippen molar-refractivity contribution in [2.75, 3.05) is 0 Å². The van der Waals surface area contributed by atoms with Crippen LogP contribution in [0.1, 0.15) is 44.5 Å². The molecule has 6 heteroatoms. The summed E-state index contributed by atoms with van der Waals surface area (Å²) in [7, 11) is 0. The minimum absolute atomic E-state index is 0.676. The second-order valence-electron chi connectivity index (χ2n) is 20.8. The van der Waals surface area contributed by atoms with E-state index < -0.39 is 0 Å². The van der Waals surface area contributed by atoms with Crippen LogP contribution in [0.5, 0.6) is 0 Å². The zero-order chi connectivity index (χ0) is 57.7. The van der Waals surface area contributed by atoms with Crippen LogP contribution in [0, 0.1) is 0 Å². The molecule has 5 aromatic heterocycles. The lowest BCUT2D eigenvalue weighted by atomic mass is 9.85. The van der Waals surface area contributed by atoms with E-state index in [0.717, 1.165) is 128 Å². The van der Waals surface area contributed by atoms with Crippen molar-refractivity contribution >= 4 is 48.6 Å². The molecule has 0 aliphatic rings. The summed E-state index contributed by atoms with van der Waals surface area (Å²) in [6.07, 6.45) is 28.5. The Morgan fingerprint density at radius 3 is 0.767 bits per heavy atom. The smallest absolute Gasteiger partial charge is 0.159 e. The van der Waals surface area contributed by atoms with E-state index in [0.29, 0.717) is 5.82 Å². The second-order valence-corrected chi connectivity index (χ2v) is 20.8. The molecule has 5 heterocycles. The Kier molecular flexibility index (Phi) is 16.0. The monoisotopic (exact) mass is 1100 g/mol. The van der Waals surface area contributed by atoms with Gasteiger partial charge in [-0.15, -0.1) is 0 Å². The van der Waals surface area contributed by atoms with E-state index in [4.69, 9.17) is 0 Å². The summed E-state index contributed by atoms with van der Waals surface area (Å²) in [5, 5.41) is 0. The molecule has 0 fully saturated rings. The van der Waals surface area contributed by atoms with Gasteiger partial charge in [-0.2, -0.15) is 0 Å². The van der Waals surface area contributed by atoms with Crippen LogP contribution in [0.4, 0.5) is 0 Å². The SMILES string of the molecule is C(=Cc1cc(/C=C\c2ccc(-c3ccccn3)cc2)cc(-c2cccc(-c3cc(C=Cc4ccc(-c5ccccn5)cc4)cc(/C=C\c4ccc(-c5ccccn5)cc4)c3)c2-c2ccc(-c3ncccn3)cc2)c1)c1ccc(-c2ccccn2)cc1. The molecular weight excluding hydrogens is 1040 g/mol. The lowest BCUT2D eigenvalue weighted by Crippen LogP contribution is -1.94. The molecule has 0 bridgehead atoms. The normalized spacial score (nSPS) is 11.5. The highest BCUT2D eigenvalue weighted by molar-refractivity contribution is 5.97. The highest BCUT2D eigenvalue weighted by atomic mass is 14.8. The molecule has 0 N–H and O–H groups in total. The zero-order valence-electron chi connectivity index (χ0n) is 47.0. The first-order valence-electron chi connectivity index (χ1n) is 28.7. The van der Waals surface area contributed by atoms with E-state index in [1.54, 1.807) is 12.4 Å². The standard InChI is InChI=1S/C80H56N6/c1-5-45-81-75(13-1)65-33-25-57(26-34-65)17-21-61-51-62(22-18-58-27-35-66(36-28-58)76-14-2-6-46-82-76)54-71(53-61)73-11-9-12-74(79(73)69-41-43-70(44-42-69)80-85-49-10-50-86-80)72-55-63(23-19-59-29-37-67(38-30-59)77-15-3-7-47-83-77)52-64(56-72)24-20-60-31-39-68(40-32-60)78-16-4-8-48-84-78/h1-56H/b21-17-,22-18?,23-19-,24-20?. The summed E-state index contributed by atoms with van der Waals surface area (Å²) in [4.78, 5) is 27.5. The number of benzene rings is 8. The van der Waals surface area contributed by atoms with E-state index in [-0.39, 0.29) is 0 Å². The van der Waals surface area contributed by atoms with Crippen LogP contribution in [-0.2, 0) is 0 Å². The molecule has 0 aliphatic carbocycles. The summed E-state index contributed by atoms with van der Waals surface area (Å²) in [5.74, 6) is 0.676. The van der Waals surface area contributed by atoms with E-state index in [1.165, 1.54) is 0 Å². The van der Waals surface area contributed by atoms with Crippen LogP contribution in [0.3, 0.4) is 0 Å². The maximum Gasteiger partial charge on any atom is 0.159 e. The van der Waals surface area contributed by atoms with Gasteiger partial charge in [0, 0.05) is 65.0 Å². The Morgan fingerprint density at radius 1 is 0.186 bits per heavy atom. The van der Waals surface area contributed by atoms with Crippen LogP contribution in [0.25, 0.3) is 138 Å². The van der Waals surface area contributed by atoms with Gasteiger partial charge < -0.3 is 0 Å². The average Bonchev–Trinajstić information content (AvgIpc) is 3.23. The summed E-state index contributed by atoms with van der Waals surface area (Å²) in [5.41, 5.74) is 24.1. The number of hydrogen-bond donors (Lipinski definition) is 0. The molecule has 0 amide bonds. The lowest BCUT2D eigenvalue weighted by molar-refractivity contribution is 1.18. The average molecular weight is 1100 g/mol. The molecule has 0 saturated carbocycles. The number of aromatic nitrogens is 6. The molecule has 6 nitrogen and oxygen atoms in total. The third-order valence-electron chi connectivity index (χ3n) is 15.0. The van der Waals surface area contributed by atoms with Gasteiger partial charge in [0.15, 0.2) is 5.82 Å². The number of pyridine rings is 4. The first kappa shape index (κ1) is 53.7. The van der Waals surface area contributed by atoms with E-state index in [2.05, 4.69) is 254 Å². The maximum absolute atomic E-state index is 4.60. The van der Waals surface area contributed by atoms with Crippen molar-refractivity contribution in [1.82, 2.24) is 29.9 Å². The largest absolute Gasteiger partial charge is 0.256 e. The van der Waals surface area contributed by atoms with Gasteiger partial charge >= 0.3 is 0 Å². The van der Waals surface area contributed by atoms with Crippen molar-refractivity contribution < 1.29 is 0 Å². The second kappa shape index (κ2) is 25.7. The van der Waals surface area contributed by atoms with Gasteiger partial charge in [0.2, 0.25) is 0 Å². The highest BCUT2D eigenvalue weighted by Crippen LogP contribution is 2.42. The van der Waals surface area contributed by atoms with Crippen LogP contribution in [0.15, 0.2) is 292 Å². The number of nitrogens with zero attached hydrogens (tertiary/aromatic N) is 6. The van der Waals surface area contributed by atoms with Crippen LogP contribution in [0.2, 0.25) is 0 Å². The lowest BCUT2D eigenvalue weighted by Gasteiger charge is -2.18. The molecule has 8 aromatic carbocycles. The third kappa shape index (κ3) is 13.0. The van der Waals surface area contributed by atoms with Gasteiger partial charge in [0.1, 0.15) is 0 Å². The molecular formula is C80H56N6. The van der Waals surface area contributed by atoms with E-state index in [1.807, 2.05) is 104 Å². The molecule has 0 atom stereocenters. The number of hydrogen-bond acceptors (Lipinski definition) is 6. The Hall–Kier alpha value is -11.6. The van der Waals surface area contributed by atoms with Gasteiger partial charge in [-0.3, -0.25) is 19.9 Å². The van der Waals surface area contributed by atoms with Gasteiger partial charge in [0.25, 0.3) is 0 Å². The minimum Gasteiger partial charge on any atom is -0.256 e. The molecule has 13 rings (SSSR count). The molecule has 86 heavy (non-hydrogen) atoms. The van der Waals surface area contributed by atoms with Gasteiger partial charge in [0.05, 0.1) is 22.8 Å². The minimum atomic E-state index is 0.676. The molecule has 0 radical (unpaired) electrons. The predicted molar refractivity (Wildman–Crippen MR) is 358 cm³/mol. The van der Waals surface area contributed by atoms with Crippen molar-refractivity contribution in [2.45, 2.75) is 0 Å². The zero-order valence-corrected chi connectivity index (χ0v) is 47.0. The Bertz CT molecular complexity index is 4050. The van der Waals surface area contributed by atoms with E-state index >= 15 is 0 Å². The molecule has 0 spiro atoms. The maximum atomic E-state index is 4.60. The van der Waals surface area contributed by atoms with Crippen LogP contribution in [-0.4, -0.2) is 29.9 Å². The molecule has 0 saturated heterocycles. The summed E-state index contributed by atoms with van der Waals surface area (Å²) < 4.78 is 0. The summed E-state index contributed by atoms with van der Waals surface area (Å²) in [6.45, 7) is 0. The van der Waals surface area contributed by atoms with Crippen LogP contribution < -0.4 is 0 Å². The third-order valence-corrected chi connectivity index (χ3v) is 15.0. The Balaban J connectivity index is 0.934. The fourth-order valence-electron chi connectivity index (χ4n) is 10.6. The van der Waals surface area contributed by atoms with Crippen LogP contribution >= 0.6 is 0 Å². The first-order valence-corrected chi connectivity index (χ1v) is 28.7. The Labute approximate surface area is 502 Å². The molecule has 0 unspecified atom stereocenters. The van der Waals surface area contributed by atoms with Crippen molar-refractivity contribution in [1.29, 1.82) is 0 Å². The van der Waals surface area contributed by atoms with E-state index in [9.17, 15) is 0 Å². The van der Waals surface area contributed by atoms with Crippen molar-refractivity contribution in [3.63, 3.8) is 0 Å². The summed E-state index contributed by atoms with van der Waals surface area (Å²) >= 11 is 0. The van der Waals surface area contributed by atoms with Gasteiger partial charge in [-0.1, -0.05) is 212 Å². The van der Waals surface area contributed by atoms with Crippen molar-refractivity contribution in [3.8, 4) is 89.8 Å². The Morgan fingerprint density at radius 2 is 0.465 bits per heavy atom. The number of rotatable bonds is 16. The molecule has 406 valence electrons. The fraction of sp³-hybridized carbons (Fsp3) is 0. The fourth-order valence-corrected chi connectivity index (χ4v) is 10.6. The quantitative estimate of drug-likeness (QED) is 0.0897. The van der Waals surface area contributed by atoms with Crippen molar-refractivity contribution in [2.24, 2.45) is 0 Å². The van der Waals surface area contributed by atoms with Crippen molar-refractivity contribution in [3.05, 3.63) is 336 Å². The topological polar surface area (TPSA) is 77.3 Å². The molecule has 0 aliphatic heterocycles.